The highest BCUT2D eigenvalue weighted by molar-refractivity contribution is 5.53. The lowest BCUT2D eigenvalue weighted by Crippen LogP contribution is -2.08. The Morgan fingerprint density at radius 2 is 1.86 bits per heavy atom. The normalized spacial score (nSPS) is 11.6. The Labute approximate surface area is 117 Å². The second kappa shape index (κ2) is 4.97. The van der Waals surface area contributed by atoms with E-state index >= 15 is 0 Å². The van der Waals surface area contributed by atoms with Gasteiger partial charge in [0.25, 0.3) is 0 Å². The largest absolute Gasteiger partial charge is 0.433 e. The lowest BCUT2D eigenvalue weighted by Gasteiger charge is -2.05. The fourth-order valence-corrected chi connectivity index (χ4v) is 1.73. The summed E-state index contributed by atoms with van der Waals surface area (Å²) in [5, 5.41) is 7.70. The third-order valence-corrected chi connectivity index (χ3v) is 2.71. The van der Waals surface area contributed by atoms with Crippen LogP contribution in [-0.2, 0) is 6.18 Å². The van der Waals surface area contributed by atoms with Crippen molar-refractivity contribution in [2.45, 2.75) is 6.18 Å². The number of halogens is 3. The Morgan fingerprint density at radius 3 is 2.57 bits per heavy atom. The topological polar surface area (TPSA) is 56.5 Å². The van der Waals surface area contributed by atoms with Gasteiger partial charge in [-0.25, -0.2) is 9.67 Å². The summed E-state index contributed by atoms with van der Waals surface area (Å²) in [6, 6.07) is 7.13. The molecule has 0 bridgehead atoms. The summed E-state index contributed by atoms with van der Waals surface area (Å²) < 4.78 is 39.3. The van der Waals surface area contributed by atoms with Crippen LogP contribution in [0.25, 0.3) is 17.1 Å². The molecule has 3 rings (SSSR count). The molecule has 3 aromatic rings. The zero-order valence-corrected chi connectivity index (χ0v) is 10.5. The molecule has 106 valence electrons. The number of alkyl halides is 3. The molecule has 3 heterocycles. The first-order chi connectivity index (χ1) is 10.0. The number of nitrogens with zero attached hydrogens (tertiary/aromatic N) is 5. The second-order valence-electron chi connectivity index (χ2n) is 4.17. The van der Waals surface area contributed by atoms with Crippen LogP contribution in [0.5, 0.6) is 0 Å². The van der Waals surface area contributed by atoms with E-state index in [0.29, 0.717) is 5.69 Å². The van der Waals surface area contributed by atoms with E-state index in [1.165, 1.54) is 23.0 Å². The quantitative estimate of drug-likeness (QED) is 0.728. The van der Waals surface area contributed by atoms with Crippen molar-refractivity contribution >= 4 is 0 Å². The van der Waals surface area contributed by atoms with Crippen molar-refractivity contribution in [1.29, 1.82) is 0 Å². The molecular weight excluding hydrogens is 283 g/mol. The fourth-order valence-electron chi connectivity index (χ4n) is 1.73. The average molecular weight is 291 g/mol. The molecule has 0 aliphatic heterocycles. The Hall–Kier alpha value is -2.77. The van der Waals surface area contributed by atoms with E-state index in [2.05, 4.69) is 20.3 Å². The van der Waals surface area contributed by atoms with Gasteiger partial charge >= 0.3 is 6.18 Å². The summed E-state index contributed by atoms with van der Waals surface area (Å²) in [5.74, 6) is 0. The van der Waals surface area contributed by atoms with Gasteiger partial charge in [-0.2, -0.15) is 13.2 Å². The van der Waals surface area contributed by atoms with E-state index in [4.69, 9.17) is 0 Å². The molecule has 0 radical (unpaired) electrons. The Kier molecular flexibility index (Phi) is 3.13. The van der Waals surface area contributed by atoms with Crippen molar-refractivity contribution in [3.63, 3.8) is 0 Å². The summed E-state index contributed by atoms with van der Waals surface area (Å²) in [6.45, 7) is 0. The lowest BCUT2D eigenvalue weighted by atomic mass is 10.2. The lowest BCUT2D eigenvalue weighted by molar-refractivity contribution is -0.141. The van der Waals surface area contributed by atoms with Gasteiger partial charge in [-0.15, -0.1) is 5.10 Å². The Balaban J connectivity index is 1.97. The van der Waals surface area contributed by atoms with E-state index in [0.717, 1.165) is 6.07 Å². The minimum absolute atomic E-state index is 0.111. The monoisotopic (exact) mass is 291 g/mol. The van der Waals surface area contributed by atoms with Crippen molar-refractivity contribution in [1.82, 2.24) is 25.0 Å². The molecule has 0 amide bonds. The van der Waals surface area contributed by atoms with Crippen LogP contribution in [0.4, 0.5) is 13.2 Å². The predicted molar refractivity (Wildman–Crippen MR) is 67.4 cm³/mol. The number of pyridine rings is 2. The number of hydrogen-bond donors (Lipinski definition) is 0. The second-order valence-corrected chi connectivity index (χ2v) is 4.17. The first-order valence-electron chi connectivity index (χ1n) is 5.91. The fraction of sp³-hybridized carbons (Fsp3) is 0.0769. The van der Waals surface area contributed by atoms with Gasteiger partial charge < -0.3 is 0 Å². The van der Waals surface area contributed by atoms with Crippen molar-refractivity contribution < 1.29 is 13.2 Å². The van der Waals surface area contributed by atoms with Gasteiger partial charge in [0.15, 0.2) is 0 Å². The van der Waals surface area contributed by atoms with E-state index in [9.17, 15) is 13.2 Å². The van der Waals surface area contributed by atoms with Crippen LogP contribution < -0.4 is 0 Å². The van der Waals surface area contributed by atoms with Crippen LogP contribution in [0.2, 0.25) is 0 Å². The van der Waals surface area contributed by atoms with Gasteiger partial charge in [0, 0.05) is 6.20 Å². The molecule has 21 heavy (non-hydrogen) atoms. The molecular formula is C13H8F3N5. The highest BCUT2D eigenvalue weighted by Crippen LogP contribution is 2.28. The van der Waals surface area contributed by atoms with Crippen LogP contribution >= 0.6 is 0 Å². The third kappa shape index (κ3) is 2.73. The van der Waals surface area contributed by atoms with Crippen molar-refractivity contribution in [2.75, 3.05) is 0 Å². The van der Waals surface area contributed by atoms with Crippen molar-refractivity contribution in [2.24, 2.45) is 0 Å². The molecule has 0 atom stereocenters. The maximum Gasteiger partial charge on any atom is 0.433 e. The van der Waals surface area contributed by atoms with Crippen LogP contribution in [-0.4, -0.2) is 25.0 Å². The van der Waals surface area contributed by atoms with Gasteiger partial charge in [0.05, 0.1) is 23.8 Å². The van der Waals surface area contributed by atoms with E-state index in [1.54, 1.807) is 24.5 Å². The van der Waals surface area contributed by atoms with Gasteiger partial charge in [0.1, 0.15) is 11.4 Å². The first kappa shape index (κ1) is 13.2. The van der Waals surface area contributed by atoms with E-state index < -0.39 is 11.9 Å². The number of rotatable bonds is 2. The van der Waals surface area contributed by atoms with Gasteiger partial charge in [-0.1, -0.05) is 11.3 Å². The third-order valence-electron chi connectivity index (χ3n) is 2.71. The predicted octanol–water partition coefficient (Wildman–Crippen LogP) is 2.74. The van der Waals surface area contributed by atoms with Crippen LogP contribution in [0.1, 0.15) is 5.69 Å². The average Bonchev–Trinajstić information content (AvgIpc) is 2.97. The zero-order chi connectivity index (χ0) is 14.9. The Bertz CT molecular complexity index is 752. The van der Waals surface area contributed by atoms with E-state index in [1.807, 2.05) is 0 Å². The van der Waals surface area contributed by atoms with Gasteiger partial charge in [0.2, 0.25) is 0 Å². The summed E-state index contributed by atoms with van der Waals surface area (Å²) in [7, 11) is 0. The van der Waals surface area contributed by atoms with E-state index in [-0.39, 0.29) is 11.4 Å². The highest BCUT2D eigenvalue weighted by atomic mass is 19.4. The van der Waals surface area contributed by atoms with Crippen molar-refractivity contribution in [3.8, 4) is 17.1 Å². The van der Waals surface area contributed by atoms with Crippen LogP contribution in [0, 0.1) is 0 Å². The molecule has 0 N–H and O–H groups in total. The summed E-state index contributed by atoms with van der Waals surface area (Å²) in [6.07, 6.45) is 0.183. The first-order valence-corrected chi connectivity index (χ1v) is 5.91. The molecule has 0 saturated carbocycles. The zero-order valence-electron chi connectivity index (χ0n) is 10.5. The summed E-state index contributed by atoms with van der Waals surface area (Å²) in [4.78, 5) is 7.50. The van der Waals surface area contributed by atoms with Crippen LogP contribution in [0.3, 0.4) is 0 Å². The minimum Gasteiger partial charge on any atom is -0.262 e. The molecule has 5 nitrogen and oxygen atoms in total. The number of hydrogen-bond acceptors (Lipinski definition) is 4. The van der Waals surface area contributed by atoms with Crippen molar-refractivity contribution in [3.05, 3.63) is 54.6 Å². The van der Waals surface area contributed by atoms with Crippen LogP contribution in [0.15, 0.2) is 48.9 Å². The molecule has 3 aromatic heterocycles. The minimum atomic E-state index is -4.49. The molecule has 0 aliphatic rings. The SMILES string of the molecule is FC(F)(F)c1cccc(-c2cn(-c3cccnc3)nn2)n1. The molecule has 0 fully saturated rings. The summed E-state index contributed by atoms with van der Waals surface area (Å²) in [5.41, 5.74) is 0.0593. The molecule has 0 unspecified atom stereocenters. The molecule has 0 saturated heterocycles. The smallest absolute Gasteiger partial charge is 0.262 e. The molecule has 0 aliphatic carbocycles. The number of aromatic nitrogens is 5. The Morgan fingerprint density at radius 1 is 1.00 bits per heavy atom. The van der Waals surface area contributed by atoms with Gasteiger partial charge in [-0.05, 0) is 24.3 Å². The highest BCUT2D eigenvalue weighted by Gasteiger charge is 2.32. The molecule has 0 aromatic carbocycles. The maximum atomic E-state index is 12.6. The summed E-state index contributed by atoms with van der Waals surface area (Å²) >= 11 is 0. The standard InChI is InChI=1S/C13H8F3N5/c14-13(15,16)12-5-1-4-10(18-12)11-8-21(20-19-11)9-3-2-6-17-7-9/h1-8H. The van der Waals surface area contributed by atoms with Gasteiger partial charge in [-0.3, -0.25) is 4.98 Å². The molecule has 8 heteroatoms. The maximum absolute atomic E-state index is 12.6. The molecule has 0 spiro atoms.